The van der Waals surface area contributed by atoms with Crippen LogP contribution >= 0.6 is 11.3 Å². The summed E-state index contributed by atoms with van der Waals surface area (Å²) in [5.41, 5.74) is 1.57. The van der Waals surface area contributed by atoms with Crippen molar-refractivity contribution in [1.82, 2.24) is 20.2 Å². The molecule has 0 saturated heterocycles. The average Bonchev–Trinajstić information content (AvgIpc) is 2.97. The van der Waals surface area contributed by atoms with E-state index < -0.39 is 10.0 Å². The fourth-order valence-electron chi connectivity index (χ4n) is 1.76. The number of nitrogens with one attached hydrogen (secondary N) is 3. The Balaban J connectivity index is 2.21. The summed E-state index contributed by atoms with van der Waals surface area (Å²) in [5.74, 6) is 0. The largest absolute Gasteiger partial charge is 0.315 e. The number of H-pyrrole nitrogens is 1. The van der Waals surface area contributed by atoms with Crippen molar-refractivity contribution in [3.63, 3.8) is 0 Å². The molecule has 0 fully saturated rings. The minimum absolute atomic E-state index is 0.229. The highest BCUT2D eigenvalue weighted by Crippen LogP contribution is 2.26. The van der Waals surface area contributed by atoms with Gasteiger partial charge in [-0.2, -0.15) is 5.10 Å². The number of aryl methyl sites for hydroxylation is 1. The third-order valence-electron chi connectivity index (χ3n) is 2.62. The molecule has 2 heterocycles. The molecule has 0 atom stereocenters. The summed E-state index contributed by atoms with van der Waals surface area (Å²) >= 11 is 1.45. The Labute approximate surface area is 116 Å². The second-order valence-electron chi connectivity index (χ2n) is 4.13. The van der Waals surface area contributed by atoms with E-state index in [4.69, 9.17) is 0 Å². The number of thiophene rings is 1. The molecule has 0 bridgehead atoms. The van der Waals surface area contributed by atoms with Gasteiger partial charge in [0.2, 0.25) is 10.0 Å². The van der Waals surface area contributed by atoms with Crippen LogP contribution < -0.4 is 10.0 Å². The van der Waals surface area contributed by atoms with Gasteiger partial charge in [-0.05, 0) is 24.9 Å². The van der Waals surface area contributed by atoms with Crippen molar-refractivity contribution in [3.8, 4) is 0 Å². The van der Waals surface area contributed by atoms with Gasteiger partial charge in [0.1, 0.15) is 4.90 Å². The van der Waals surface area contributed by atoms with Crippen LogP contribution in [0.1, 0.15) is 16.0 Å². The van der Waals surface area contributed by atoms with E-state index in [-0.39, 0.29) is 6.54 Å². The molecule has 0 unspecified atom stereocenters. The minimum atomic E-state index is -3.50. The molecule has 104 valence electrons. The Hall–Kier alpha value is -1.22. The fourth-order valence-corrected chi connectivity index (χ4v) is 4.59. The van der Waals surface area contributed by atoms with Gasteiger partial charge in [0, 0.05) is 29.7 Å². The van der Waals surface area contributed by atoms with Crippen LogP contribution in [0.25, 0.3) is 0 Å². The molecule has 19 heavy (non-hydrogen) atoms. The Morgan fingerprint density at radius 2 is 2.21 bits per heavy atom. The van der Waals surface area contributed by atoms with Crippen molar-refractivity contribution in [3.05, 3.63) is 33.8 Å². The molecule has 0 radical (unpaired) electrons. The molecule has 0 aliphatic rings. The molecule has 0 saturated carbocycles. The van der Waals surface area contributed by atoms with Crippen LogP contribution in [0.4, 0.5) is 0 Å². The highest BCUT2D eigenvalue weighted by Gasteiger charge is 2.22. The molecule has 0 aliphatic carbocycles. The molecule has 0 aliphatic heterocycles. The Morgan fingerprint density at radius 1 is 1.42 bits per heavy atom. The third kappa shape index (κ3) is 3.21. The third-order valence-corrected chi connectivity index (χ3v) is 5.48. The second-order valence-corrected chi connectivity index (χ2v) is 6.80. The van der Waals surface area contributed by atoms with Crippen LogP contribution in [-0.2, 0) is 23.1 Å². The monoisotopic (exact) mass is 300 g/mol. The fraction of sp³-hybridized carbons (Fsp3) is 0.364. The Kier molecular flexibility index (Phi) is 4.35. The first-order chi connectivity index (χ1) is 9.04. The SMILES string of the molecule is CNCc1scc(C)c1S(=O)(=O)NCc1cn[nH]c1. The van der Waals surface area contributed by atoms with Crippen molar-refractivity contribution >= 4 is 21.4 Å². The summed E-state index contributed by atoms with van der Waals surface area (Å²) < 4.78 is 27.3. The lowest BCUT2D eigenvalue weighted by molar-refractivity contribution is 0.579. The molecule has 6 nitrogen and oxygen atoms in total. The van der Waals surface area contributed by atoms with Crippen LogP contribution in [-0.4, -0.2) is 25.7 Å². The maximum absolute atomic E-state index is 12.3. The molecule has 3 N–H and O–H groups in total. The van der Waals surface area contributed by atoms with Crippen molar-refractivity contribution in [2.45, 2.75) is 24.9 Å². The van der Waals surface area contributed by atoms with E-state index in [1.807, 2.05) is 12.3 Å². The lowest BCUT2D eigenvalue weighted by Crippen LogP contribution is -2.24. The number of aromatic nitrogens is 2. The van der Waals surface area contributed by atoms with Gasteiger partial charge in [0.15, 0.2) is 0 Å². The Morgan fingerprint density at radius 3 is 2.84 bits per heavy atom. The highest BCUT2D eigenvalue weighted by atomic mass is 32.2. The summed E-state index contributed by atoms with van der Waals surface area (Å²) in [7, 11) is -1.70. The van der Waals surface area contributed by atoms with E-state index in [1.54, 1.807) is 19.4 Å². The topological polar surface area (TPSA) is 86.9 Å². The predicted octanol–water partition coefficient (Wildman–Crippen LogP) is 0.978. The standard InChI is InChI=1S/C11H16N4O2S2/c1-8-7-18-10(6-12-2)11(8)19(16,17)15-5-9-3-13-14-4-9/h3-4,7,12,15H,5-6H2,1-2H3,(H,13,14). The molecule has 2 aromatic heterocycles. The van der Waals surface area contributed by atoms with E-state index in [0.29, 0.717) is 11.4 Å². The van der Waals surface area contributed by atoms with Crippen molar-refractivity contribution < 1.29 is 8.42 Å². The normalized spacial score (nSPS) is 11.9. The van der Waals surface area contributed by atoms with Crippen LogP contribution in [0.15, 0.2) is 22.7 Å². The molecular weight excluding hydrogens is 284 g/mol. The molecule has 2 aromatic rings. The van der Waals surface area contributed by atoms with Crippen LogP contribution in [0.5, 0.6) is 0 Å². The van der Waals surface area contributed by atoms with Gasteiger partial charge in [0.25, 0.3) is 0 Å². The molecular formula is C11H16N4O2S2. The quantitative estimate of drug-likeness (QED) is 0.742. The maximum Gasteiger partial charge on any atom is 0.242 e. The zero-order valence-electron chi connectivity index (χ0n) is 10.7. The molecule has 0 spiro atoms. The molecule has 2 rings (SSSR count). The number of aromatic amines is 1. The van der Waals surface area contributed by atoms with Crippen LogP contribution in [0.2, 0.25) is 0 Å². The van der Waals surface area contributed by atoms with Gasteiger partial charge in [-0.1, -0.05) is 0 Å². The lowest BCUT2D eigenvalue weighted by atomic mass is 10.3. The van der Waals surface area contributed by atoms with Crippen molar-refractivity contribution in [1.29, 1.82) is 0 Å². The van der Waals surface area contributed by atoms with Gasteiger partial charge in [0.05, 0.1) is 6.20 Å². The van der Waals surface area contributed by atoms with Crippen LogP contribution in [0, 0.1) is 6.92 Å². The summed E-state index contributed by atoms with van der Waals surface area (Å²) in [4.78, 5) is 1.20. The van der Waals surface area contributed by atoms with E-state index in [2.05, 4.69) is 20.2 Å². The van der Waals surface area contributed by atoms with Crippen LogP contribution in [0.3, 0.4) is 0 Å². The molecule has 0 amide bonds. The zero-order valence-corrected chi connectivity index (χ0v) is 12.4. The summed E-state index contributed by atoms with van der Waals surface area (Å²) in [5, 5.41) is 11.3. The number of rotatable bonds is 6. The highest BCUT2D eigenvalue weighted by molar-refractivity contribution is 7.89. The van der Waals surface area contributed by atoms with Gasteiger partial charge in [-0.3, -0.25) is 5.10 Å². The van der Waals surface area contributed by atoms with E-state index in [1.165, 1.54) is 11.3 Å². The summed E-state index contributed by atoms with van der Waals surface area (Å²) in [6.07, 6.45) is 3.26. The van der Waals surface area contributed by atoms with E-state index in [9.17, 15) is 8.42 Å². The van der Waals surface area contributed by atoms with E-state index >= 15 is 0 Å². The minimum Gasteiger partial charge on any atom is -0.315 e. The molecule has 0 aromatic carbocycles. The number of nitrogens with zero attached hydrogens (tertiary/aromatic N) is 1. The number of hydrogen-bond donors (Lipinski definition) is 3. The van der Waals surface area contributed by atoms with E-state index in [0.717, 1.165) is 16.0 Å². The second kappa shape index (κ2) is 5.83. The lowest BCUT2D eigenvalue weighted by Gasteiger charge is -2.08. The summed E-state index contributed by atoms with van der Waals surface area (Å²) in [6.45, 7) is 2.58. The maximum atomic E-state index is 12.3. The first kappa shape index (κ1) is 14.2. The first-order valence-corrected chi connectivity index (χ1v) is 8.09. The number of sulfonamides is 1. The first-order valence-electron chi connectivity index (χ1n) is 5.73. The van der Waals surface area contributed by atoms with Gasteiger partial charge in [-0.25, -0.2) is 13.1 Å². The Bertz CT molecular complexity index is 632. The summed E-state index contributed by atoms with van der Waals surface area (Å²) in [6, 6.07) is 0. The predicted molar refractivity (Wildman–Crippen MR) is 74.4 cm³/mol. The smallest absolute Gasteiger partial charge is 0.242 e. The van der Waals surface area contributed by atoms with Gasteiger partial charge in [-0.15, -0.1) is 11.3 Å². The van der Waals surface area contributed by atoms with Crippen molar-refractivity contribution in [2.24, 2.45) is 0 Å². The van der Waals surface area contributed by atoms with Gasteiger partial charge >= 0.3 is 0 Å². The molecule has 8 heteroatoms. The number of hydrogen-bond acceptors (Lipinski definition) is 5. The van der Waals surface area contributed by atoms with Crippen molar-refractivity contribution in [2.75, 3.05) is 7.05 Å². The van der Waals surface area contributed by atoms with Gasteiger partial charge < -0.3 is 5.32 Å². The zero-order chi connectivity index (χ0) is 13.9. The average molecular weight is 300 g/mol.